The average molecular weight is 367 g/mol. The third-order valence-electron chi connectivity index (χ3n) is 3.44. The molecule has 0 aromatic heterocycles. The van der Waals surface area contributed by atoms with Crippen LogP contribution in [0.25, 0.3) is 0 Å². The minimum Gasteiger partial charge on any atom is -0.493 e. The zero-order valence-corrected chi connectivity index (χ0v) is 15.2. The Morgan fingerprint density at radius 1 is 1.12 bits per heavy atom. The van der Waals surface area contributed by atoms with E-state index in [1.807, 2.05) is 32.0 Å². The minimum atomic E-state index is -0.314. The predicted molar refractivity (Wildman–Crippen MR) is 99.5 cm³/mol. The fraction of sp³-hybridized carbons (Fsp3) is 0.278. The monoisotopic (exact) mass is 366 g/mol. The molecule has 0 bridgehead atoms. The van der Waals surface area contributed by atoms with Crippen LogP contribution in [0.15, 0.2) is 36.4 Å². The number of amides is 2. The SMILES string of the molecule is Cc1cccc(C)c1OCCCNC(=O)Nc1ccc(Cl)cc1Cl. The van der Waals surface area contributed by atoms with Gasteiger partial charge in [0.25, 0.3) is 0 Å². The molecule has 2 rings (SSSR count). The van der Waals surface area contributed by atoms with Crippen molar-refractivity contribution in [2.45, 2.75) is 20.3 Å². The first-order chi connectivity index (χ1) is 11.5. The molecule has 128 valence electrons. The minimum absolute atomic E-state index is 0.314. The molecule has 2 amide bonds. The van der Waals surface area contributed by atoms with Gasteiger partial charge in [-0.05, 0) is 49.6 Å². The lowest BCUT2D eigenvalue weighted by Crippen LogP contribution is -2.30. The molecule has 0 atom stereocenters. The molecule has 0 radical (unpaired) electrons. The van der Waals surface area contributed by atoms with Crippen LogP contribution < -0.4 is 15.4 Å². The summed E-state index contributed by atoms with van der Waals surface area (Å²) >= 11 is 11.8. The van der Waals surface area contributed by atoms with Crippen molar-refractivity contribution in [3.63, 3.8) is 0 Å². The van der Waals surface area contributed by atoms with Gasteiger partial charge in [-0.3, -0.25) is 0 Å². The Morgan fingerprint density at radius 3 is 2.50 bits per heavy atom. The predicted octanol–water partition coefficient (Wildman–Crippen LogP) is 5.20. The number of benzene rings is 2. The molecule has 0 heterocycles. The molecule has 0 saturated carbocycles. The maximum absolute atomic E-state index is 11.8. The van der Waals surface area contributed by atoms with Crippen LogP contribution in [0.2, 0.25) is 10.0 Å². The molecule has 2 aromatic rings. The third-order valence-corrected chi connectivity index (χ3v) is 3.99. The van der Waals surface area contributed by atoms with E-state index in [0.717, 1.165) is 16.9 Å². The van der Waals surface area contributed by atoms with Crippen LogP contribution in [0.4, 0.5) is 10.5 Å². The van der Waals surface area contributed by atoms with Gasteiger partial charge in [0, 0.05) is 11.6 Å². The van der Waals surface area contributed by atoms with E-state index in [0.29, 0.717) is 35.3 Å². The molecule has 6 heteroatoms. The Hall–Kier alpha value is -1.91. The van der Waals surface area contributed by atoms with E-state index >= 15 is 0 Å². The highest BCUT2D eigenvalue weighted by molar-refractivity contribution is 6.36. The second-order valence-electron chi connectivity index (χ2n) is 5.43. The maximum atomic E-state index is 11.8. The Kier molecular flexibility index (Phi) is 6.76. The van der Waals surface area contributed by atoms with Crippen LogP contribution >= 0.6 is 23.2 Å². The van der Waals surface area contributed by atoms with Gasteiger partial charge < -0.3 is 15.4 Å². The summed E-state index contributed by atoms with van der Waals surface area (Å²) < 4.78 is 5.79. The summed E-state index contributed by atoms with van der Waals surface area (Å²) in [4.78, 5) is 11.8. The van der Waals surface area contributed by atoms with Gasteiger partial charge in [0.1, 0.15) is 5.75 Å². The van der Waals surface area contributed by atoms with Crippen LogP contribution in [0.1, 0.15) is 17.5 Å². The number of hydrogen-bond donors (Lipinski definition) is 2. The number of anilines is 1. The van der Waals surface area contributed by atoms with Gasteiger partial charge >= 0.3 is 6.03 Å². The lowest BCUT2D eigenvalue weighted by atomic mass is 10.1. The van der Waals surface area contributed by atoms with Crippen molar-refractivity contribution in [2.75, 3.05) is 18.5 Å². The lowest BCUT2D eigenvalue weighted by Gasteiger charge is -2.12. The zero-order chi connectivity index (χ0) is 17.5. The number of para-hydroxylation sites is 1. The molecule has 0 fully saturated rings. The van der Waals surface area contributed by atoms with Gasteiger partial charge in [0.2, 0.25) is 0 Å². The second-order valence-corrected chi connectivity index (χ2v) is 6.27. The van der Waals surface area contributed by atoms with Crippen molar-refractivity contribution < 1.29 is 9.53 Å². The van der Waals surface area contributed by atoms with E-state index in [4.69, 9.17) is 27.9 Å². The molecule has 24 heavy (non-hydrogen) atoms. The summed E-state index contributed by atoms with van der Waals surface area (Å²) in [5, 5.41) is 6.37. The molecule has 0 spiro atoms. The molecule has 0 aliphatic rings. The van der Waals surface area contributed by atoms with Crippen LogP contribution in [0.3, 0.4) is 0 Å². The Balaban J connectivity index is 1.71. The molecule has 4 nitrogen and oxygen atoms in total. The fourth-order valence-electron chi connectivity index (χ4n) is 2.23. The van der Waals surface area contributed by atoms with E-state index in [-0.39, 0.29) is 6.03 Å². The van der Waals surface area contributed by atoms with Crippen LogP contribution in [0, 0.1) is 13.8 Å². The third kappa shape index (κ3) is 5.32. The van der Waals surface area contributed by atoms with Crippen LogP contribution in [-0.2, 0) is 0 Å². The van der Waals surface area contributed by atoms with Crippen molar-refractivity contribution >= 4 is 34.9 Å². The second kappa shape index (κ2) is 8.81. The summed E-state index contributed by atoms with van der Waals surface area (Å²) in [7, 11) is 0. The fourth-order valence-corrected chi connectivity index (χ4v) is 2.69. The first-order valence-corrected chi connectivity index (χ1v) is 8.42. The summed E-state index contributed by atoms with van der Waals surface area (Å²) in [5.74, 6) is 0.912. The average Bonchev–Trinajstić information content (AvgIpc) is 2.52. The highest BCUT2D eigenvalue weighted by Crippen LogP contribution is 2.25. The summed E-state index contributed by atoms with van der Waals surface area (Å²) in [5.41, 5.74) is 2.74. The van der Waals surface area contributed by atoms with E-state index in [1.165, 1.54) is 0 Å². The number of urea groups is 1. The first kappa shape index (κ1) is 18.4. The van der Waals surface area contributed by atoms with Crippen LogP contribution in [0.5, 0.6) is 5.75 Å². The number of carbonyl (C=O) groups excluding carboxylic acids is 1. The van der Waals surface area contributed by atoms with Gasteiger partial charge in [0.05, 0.1) is 17.3 Å². The van der Waals surface area contributed by atoms with E-state index in [2.05, 4.69) is 10.6 Å². The largest absolute Gasteiger partial charge is 0.493 e. The Bertz CT molecular complexity index is 700. The molecule has 0 aliphatic heterocycles. The van der Waals surface area contributed by atoms with Gasteiger partial charge in [-0.25, -0.2) is 4.79 Å². The summed E-state index contributed by atoms with van der Waals surface area (Å²) in [6.45, 7) is 5.07. The summed E-state index contributed by atoms with van der Waals surface area (Å²) in [6.07, 6.45) is 0.704. The molecule has 0 aliphatic carbocycles. The molecule has 2 N–H and O–H groups in total. The van der Waals surface area contributed by atoms with E-state index in [1.54, 1.807) is 18.2 Å². The number of ether oxygens (including phenoxy) is 1. The van der Waals surface area contributed by atoms with E-state index in [9.17, 15) is 4.79 Å². The Labute approximate surface area is 152 Å². The summed E-state index contributed by atoms with van der Waals surface area (Å²) in [6, 6.07) is 10.6. The Morgan fingerprint density at radius 2 is 1.83 bits per heavy atom. The van der Waals surface area contributed by atoms with E-state index < -0.39 is 0 Å². The molecule has 2 aromatic carbocycles. The maximum Gasteiger partial charge on any atom is 0.319 e. The highest BCUT2D eigenvalue weighted by Gasteiger charge is 2.06. The van der Waals surface area contributed by atoms with Gasteiger partial charge in [-0.1, -0.05) is 41.4 Å². The van der Waals surface area contributed by atoms with Gasteiger partial charge in [-0.15, -0.1) is 0 Å². The van der Waals surface area contributed by atoms with Crippen molar-refractivity contribution in [3.8, 4) is 5.75 Å². The van der Waals surface area contributed by atoms with Crippen molar-refractivity contribution in [2.24, 2.45) is 0 Å². The first-order valence-electron chi connectivity index (χ1n) is 7.66. The number of carbonyl (C=O) groups is 1. The van der Waals surface area contributed by atoms with Crippen molar-refractivity contribution in [3.05, 3.63) is 57.6 Å². The molecule has 0 saturated heterocycles. The van der Waals surface area contributed by atoms with Crippen LogP contribution in [-0.4, -0.2) is 19.2 Å². The normalized spacial score (nSPS) is 10.3. The lowest BCUT2D eigenvalue weighted by molar-refractivity contribution is 0.250. The van der Waals surface area contributed by atoms with Crippen molar-refractivity contribution in [1.29, 1.82) is 0 Å². The zero-order valence-electron chi connectivity index (χ0n) is 13.7. The molecule has 0 unspecified atom stereocenters. The number of rotatable bonds is 6. The van der Waals surface area contributed by atoms with Crippen molar-refractivity contribution in [1.82, 2.24) is 5.32 Å². The highest BCUT2D eigenvalue weighted by atomic mass is 35.5. The standard InChI is InChI=1S/C18H20Cl2N2O2/c1-12-5-3-6-13(2)17(12)24-10-4-9-21-18(23)22-16-8-7-14(19)11-15(16)20/h3,5-8,11H,4,9-10H2,1-2H3,(H2,21,22,23). The molecular formula is C18H20Cl2N2O2. The number of aryl methyl sites for hydroxylation is 2. The topological polar surface area (TPSA) is 50.4 Å². The number of hydrogen-bond acceptors (Lipinski definition) is 2. The molecular weight excluding hydrogens is 347 g/mol. The number of halogens is 2. The quantitative estimate of drug-likeness (QED) is 0.690. The van der Waals surface area contributed by atoms with Gasteiger partial charge in [0.15, 0.2) is 0 Å². The van der Waals surface area contributed by atoms with Gasteiger partial charge in [-0.2, -0.15) is 0 Å². The smallest absolute Gasteiger partial charge is 0.319 e. The number of nitrogens with one attached hydrogen (secondary N) is 2.